The second-order valence-electron chi connectivity index (χ2n) is 5.51. The van der Waals surface area contributed by atoms with Gasteiger partial charge in [0.05, 0.1) is 6.61 Å². The van der Waals surface area contributed by atoms with Crippen LogP contribution in [0.15, 0.2) is 22.7 Å². The van der Waals surface area contributed by atoms with Crippen molar-refractivity contribution in [3.63, 3.8) is 0 Å². The zero-order valence-electron chi connectivity index (χ0n) is 14.3. The molecule has 2 rings (SSSR count). The van der Waals surface area contributed by atoms with Crippen molar-refractivity contribution in [2.24, 2.45) is 5.73 Å². The number of hydrogen-bond donors (Lipinski definition) is 3. The average Bonchev–Trinajstić information content (AvgIpc) is 3.03. The maximum Gasteiger partial charge on any atom is 0.319 e. The number of aromatic nitrogens is 2. The second kappa shape index (κ2) is 8.25. The number of rotatable bonds is 7. The molecule has 0 fully saturated rings. The molecule has 0 spiro atoms. The largest absolute Gasteiger partial charge is 0.384 e. The number of nitrogens with zero attached hydrogens (tertiary/aromatic N) is 2. The number of nitrogens with one attached hydrogen (secondary N) is 2. The lowest BCUT2D eigenvalue weighted by Crippen LogP contribution is -2.31. The Morgan fingerprint density at radius 2 is 2.16 bits per heavy atom. The van der Waals surface area contributed by atoms with E-state index in [9.17, 15) is 9.59 Å². The van der Waals surface area contributed by atoms with Gasteiger partial charge in [-0.05, 0) is 31.5 Å². The van der Waals surface area contributed by atoms with E-state index in [1.807, 2.05) is 6.92 Å². The predicted molar refractivity (Wildman–Crippen MR) is 90.1 cm³/mol. The molecule has 0 unspecified atom stereocenters. The Bertz CT molecular complexity index is 759. The smallest absolute Gasteiger partial charge is 0.319 e. The van der Waals surface area contributed by atoms with Crippen molar-refractivity contribution in [3.05, 3.63) is 41.0 Å². The first-order valence-corrected chi connectivity index (χ1v) is 7.70. The van der Waals surface area contributed by atoms with E-state index in [0.29, 0.717) is 36.0 Å². The molecule has 2 aromatic rings. The molecule has 9 heteroatoms. The molecular weight excluding hydrogens is 326 g/mol. The standard InChI is InChI=1S/C16H21N5O4/c1-9-4-5-11(14(17)22)8-12(9)19-16(23)18-10(2)15-20-13(21-25-15)6-7-24-3/h4-5,8,10H,6-7H2,1-3H3,(H2,17,22)(H2,18,19,23)/t10-/m0/s1. The highest BCUT2D eigenvalue weighted by Crippen LogP contribution is 2.17. The van der Waals surface area contributed by atoms with Gasteiger partial charge < -0.3 is 25.6 Å². The number of nitrogens with two attached hydrogens (primary N) is 1. The molecular formula is C16H21N5O4. The summed E-state index contributed by atoms with van der Waals surface area (Å²) in [7, 11) is 1.59. The molecule has 0 aliphatic rings. The lowest BCUT2D eigenvalue weighted by atomic mass is 10.1. The van der Waals surface area contributed by atoms with Crippen molar-refractivity contribution in [2.75, 3.05) is 19.0 Å². The summed E-state index contributed by atoms with van der Waals surface area (Å²) >= 11 is 0. The third-order valence-electron chi connectivity index (χ3n) is 3.50. The predicted octanol–water partition coefficient (Wildman–Crippen LogP) is 1.55. The lowest BCUT2D eigenvalue weighted by Gasteiger charge is -2.13. The van der Waals surface area contributed by atoms with Crippen molar-refractivity contribution in [3.8, 4) is 0 Å². The fraction of sp³-hybridized carbons (Fsp3) is 0.375. The summed E-state index contributed by atoms with van der Waals surface area (Å²) in [4.78, 5) is 27.6. The van der Waals surface area contributed by atoms with Gasteiger partial charge in [-0.15, -0.1) is 0 Å². The van der Waals surface area contributed by atoms with Gasteiger partial charge in [0, 0.05) is 24.8 Å². The molecule has 1 aromatic carbocycles. The van der Waals surface area contributed by atoms with Crippen LogP contribution in [0.25, 0.3) is 0 Å². The van der Waals surface area contributed by atoms with Crippen molar-refractivity contribution in [1.29, 1.82) is 0 Å². The molecule has 0 bridgehead atoms. The van der Waals surface area contributed by atoms with Crippen molar-refractivity contribution in [1.82, 2.24) is 15.5 Å². The van der Waals surface area contributed by atoms with E-state index in [-0.39, 0.29) is 0 Å². The molecule has 9 nitrogen and oxygen atoms in total. The number of hydrogen-bond acceptors (Lipinski definition) is 6. The van der Waals surface area contributed by atoms with Crippen LogP contribution in [0.2, 0.25) is 0 Å². The molecule has 1 aromatic heterocycles. The van der Waals surface area contributed by atoms with Crippen LogP contribution < -0.4 is 16.4 Å². The number of amides is 3. The van der Waals surface area contributed by atoms with Gasteiger partial charge in [0.15, 0.2) is 5.82 Å². The van der Waals surface area contributed by atoms with Crippen LogP contribution in [-0.4, -0.2) is 35.8 Å². The number of carbonyl (C=O) groups is 2. The zero-order valence-corrected chi connectivity index (χ0v) is 14.3. The van der Waals surface area contributed by atoms with Crippen molar-refractivity contribution in [2.45, 2.75) is 26.3 Å². The molecule has 0 aliphatic heterocycles. The minimum absolute atomic E-state index is 0.295. The normalized spacial score (nSPS) is 11.8. The van der Waals surface area contributed by atoms with Crippen LogP contribution in [-0.2, 0) is 11.2 Å². The fourth-order valence-electron chi connectivity index (χ4n) is 2.06. The van der Waals surface area contributed by atoms with E-state index >= 15 is 0 Å². The maximum atomic E-state index is 12.2. The molecule has 25 heavy (non-hydrogen) atoms. The summed E-state index contributed by atoms with van der Waals surface area (Å²) in [5.74, 6) is 0.242. The van der Waals surface area contributed by atoms with Crippen LogP contribution >= 0.6 is 0 Å². The van der Waals surface area contributed by atoms with Gasteiger partial charge in [-0.2, -0.15) is 4.98 Å². The molecule has 3 amide bonds. The summed E-state index contributed by atoms with van der Waals surface area (Å²) in [5.41, 5.74) is 6.86. The summed E-state index contributed by atoms with van der Waals surface area (Å²) in [5, 5.41) is 9.20. The molecule has 0 radical (unpaired) electrons. The van der Waals surface area contributed by atoms with Crippen molar-refractivity contribution < 1.29 is 18.8 Å². The van der Waals surface area contributed by atoms with E-state index in [4.69, 9.17) is 15.0 Å². The van der Waals surface area contributed by atoms with Crippen LogP contribution in [0.4, 0.5) is 10.5 Å². The van der Waals surface area contributed by atoms with E-state index in [1.54, 1.807) is 26.2 Å². The third kappa shape index (κ3) is 5.01. The summed E-state index contributed by atoms with van der Waals surface area (Å²) in [6.07, 6.45) is 0.526. The third-order valence-corrected chi connectivity index (χ3v) is 3.50. The van der Waals surface area contributed by atoms with Crippen LogP contribution in [0, 0.1) is 6.92 Å². The van der Waals surface area contributed by atoms with E-state index in [2.05, 4.69) is 20.8 Å². The zero-order chi connectivity index (χ0) is 18.4. The Labute approximate surface area is 144 Å². The average molecular weight is 347 g/mol. The second-order valence-corrected chi connectivity index (χ2v) is 5.51. The minimum atomic E-state index is -0.564. The van der Waals surface area contributed by atoms with Gasteiger partial charge >= 0.3 is 6.03 Å². The highest BCUT2D eigenvalue weighted by Gasteiger charge is 2.17. The van der Waals surface area contributed by atoms with Gasteiger partial charge in [-0.1, -0.05) is 11.2 Å². The molecule has 0 aliphatic carbocycles. The van der Waals surface area contributed by atoms with Crippen molar-refractivity contribution >= 4 is 17.6 Å². The van der Waals surface area contributed by atoms with E-state index < -0.39 is 18.0 Å². The molecule has 0 saturated carbocycles. The number of anilines is 1. The summed E-state index contributed by atoms with van der Waals surface area (Å²) in [6.45, 7) is 4.01. The van der Waals surface area contributed by atoms with Gasteiger partial charge in [-0.25, -0.2) is 4.79 Å². The SMILES string of the molecule is COCCc1noc([C@H](C)NC(=O)Nc2cc(C(N)=O)ccc2C)n1. The number of primary amides is 1. The van der Waals surface area contributed by atoms with Crippen LogP contribution in [0.3, 0.4) is 0 Å². The van der Waals surface area contributed by atoms with Gasteiger partial charge in [0.1, 0.15) is 6.04 Å². The van der Waals surface area contributed by atoms with E-state index in [0.717, 1.165) is 5.56 Å². The molecule has 0 saturated heterocycles. The monoisotopic (exact) mass is 347 g/mol. The van der Waals surface area contributed by atoms with Gasteiger partial charge in [0.2, 0.25) is 11.8 Å². The number of ether oxygens (including phenoxy) is 1. The quantitative estimate of drug-likeness (QED) is 0.696. The Balaban J connectivity index is 1.98. The maximum absolute atomic E-state index is 12.2. The number of carbonyl (C=O) groups excluding carboxylic acids is 2. The highest BCUT2D eigenvalue weighted by molar-refractivity contribution is 5.96. The first-order chi connectivity index (χ1) is 11.9. The van der Waals surface area contributed by atoms with Gasteiger partial charge in [0.25, 0.3) is 0 Å². The molecule has 1 atom stereocenters. The summed E-state index contributed by atoms with van der Waals surface area (Å²) < 4.78 is 10.1. The molecule has 1 heterocycles. The summed E-state index contributed by atoms with van der Waals surface area (Å²) in [6, 6.07) is 3.89. The Hall–Kier alpha value is -2.94. The van der Waals surface area contributed by atoms with E-state index in [1.165, 1.54) is 6.07 Å². The number of urea groups is 1. The first kappa shape index (κ1) is 18.4. The number of benzene rings is 1. The fourth-order valence-corrected chi connectivity index (χ4v) is 2.06. The Kier molecular flexibility index (Phi) is 6.07. The van der Waals surface area contributed by atoms with Gasteiger partial charge in [-0.3, -0.25) is 4.79 Å². The highest BCUT2D eigenvalue weighted by atomic mass is 16.5. The lowest BCUT2D eigenvalue weighted by molar-refractivity contribution is 0.1000. The van der Waals surface area contributed by atoms with Crippen LogP contribution in [0.1, 0.15) is 40.6 Å². The molecule has 4 N–H and O–H groups in total. The minimum Gasteiger partial charge on any atom is -0.384 e. The molecule has 134 valence electrons. The van der Waals surface area contributed by atoms with Crippen LogP contribution in [0.5, 0.6) is 0 Å². The topological polar surface area (TPSA) is 132 Å². The number of aryl methyl sites for hydroxylation is 1. The Morgan fingerprint density at radius 3 is 2.84 bits per heavy atom. The number of methoxy groups -OCH3 is 1. The first-order valence-electron chi connectivity index (χ1n) is 7.70. The Morgan fingerprint density at radius 1 is 1.40 bits per heavy atom.